The number of amides is 2. The van der Waals surface area contributed by atoms with E-state index >= 15 is 0 Å². The van der Waals surface area contributed by atoms with Crippen molar-refractivity contribution in [2.24, 2.45) is 0 Å². The quantitative estimate of drug-likeness (QED) is 0.382. The average Bonchev–Trinajstić information content (AvgIpc) is 3.18. The Morgan fingerprint density at radius 2 is 1.74 bits per heavy atom. The van der Waals surface area contributed by atoms with Crippen LogP contribution >= 0.6 is 11.6 Å². The summed E-state index contributed by atoms with van der Waals surface area (Å²) in [5.74, 6) is -1.12. The number of pyridine rings is 1. The largest absolute Gasteiger partial charge is 0.493 e. The van der Waals surface area contributed by atoms with Crippen molar-refractivity contribution in [3.8, 4) is 17.3 Å². The molecule has 0 saturated heterocycles. The highest BCUT2D eigenvalue weighted by Crippen LogP contribution is 2.27. The minimum absolute atomic E-state index is 0.0532. The maximum absolute atomic E-state index is 12.4. The lowest BCUT2D eigenvalue weighted by atomic mass is 10.2. The number of ether oxygens (including phenoxy) is 3. The van der Waals surface area contributed by atoms with Gasteiger partial charge < -0.3 is 14.2 Å². The summed E-state index contributed by atoms with van der Waals surface area (Å²) in [7, 11) is 2.90. The number of methoxy groups -OCH3 is 2. The number of carbonyl (C=O) groups is 3. The Hall–Kier alpha value is -4.12. The lowest BCUT2D eigenvalue weighted by molar-refractivity contribution is -0.125. The second-order valence-electron chi connectivity index (χ2n) is 6.99. The molecule has 34 heavy (non-hydrogen) atoms. The van der Waals surface area contributed by atoms with Crippen LogP contribution in [0.2, 0.25) is 5.02 Å². The fourth-order valence-corrected chi connectivity index (χ4v) is 3.15. The number of aryl methyl sites for hydroxylation is 2. The molecule has 0 aliphatic heterocycles. The molecule has 0 aliphatic carbocycles. The number of benzene rings is 1. The number of halogens is 1. The second kappa shape index (κ2) is 10.7. The maximum atomic E-state index is 12.4. The van der Waals surface area contributed by atoms with Crippen molar-refractivity contribution < 1.29 is 28.6 Å². The number of nitrogens with zero attached hydrogens (tertiary/aromatic N) is 3. The molecule has 0 spiro atoms. The first-order valence-corrected chi connectivity index (χ1v) is 10.3. The number of esters is 1. The van der Waals surface area contributed by atoms with Gasteiger partial charge in [0, 0.05) is 11.3 Å². The Balaban J connectivity index is 1.58. The molecule has 0 fully saturated rings. The van der Waals surface area contributed by atoms with Crippen molar-refractivity contribution >= 4 is 29.4 Å². The van der Waals surface area contributed by atoms with Crippen molar-refractivity contribution in [2.75, 3.05) is 20.8 Å². The van der Waals surface area contributed by atoms with E-state index in [0.29, 0.717) is 17.3 Å². The van der Waals surface area contributed by atoms with E-state index in [9.17, 15) is 14.4 Å². The van der Waals surface area contributed by atoms with E-state index in [-0.39, 0.29) is 16.3 Å². The van der Waals surface area contributed by atoms with Crippen LogP contribution in [0.25, 0.3) is 5.82 Å². The zero-order valence-corrected chi connectivity index (χ0v) is 19.6. The second-order valence-corrected chi connectivity index (χ2v) is 7.39. The Labute approximate surface area is 199 Å². The monoisotopic (exact) mass is 487 g/mol. The number of rotatable bonds is 7. The molecule has 2 aromatic heterocycles. The molecule has 3 rings (SSSR count). The first-order chi connectivity index (χ1) is 16.2. The molecular weight excluding hydrogens is 466 g/mol. The fourth-order valence-electron chi connectivity index (χ4n) is 2.97. The minimum Gasteiger partial charge on any atom is -0.493 e. The van der Waals surface area contributed by atoms with Gasteiger partial charge >= 0.3 is 5.97 Å². The third-order valence-electron chi connectivity index (χ3n) is 4.55. The van der Waals surface area contributed by atoms with E-state index in [1.165, 1.54) is 32.4 Å². The Kier molecular flexibility index (Phi) is 7.69. The van der Waals surface area contributed by atoms with Crippen LogP contribution in [0, 0.1) is 13.8 Å². The first kappa shape index (κ1) is 24.5. The van der Waals surface area contributed by atoms with Crippen molar-refractivity contribution in [1.82, 2.24) is 25.6 Å². The zero-order valence-electron chi connectivity index (χ0n) is 18.8. The minimum atomic E-state index is -0.908. The summed E-state index contributed by atoms with van der Waals surface area (Å²) >= 11 is 6.09. The molecule has 12 heteroatoms. The van der Waals surface area contributed by atoms with Gasteiger partial charge in [-0.3, -0.25) is 20.4 Å². The predicted octanol–water partition coefficient (Wildman–Crippen LogP) is 2.17. The van der Waals surface area contributed by atoms with Crippen molar-refractivity contribution in [3.63, 3.8) is 0 Å². The molecule has 3 aromatic rings. The molecule has 0 atom stereocenters. The summed E-state index contributed by atoms with van der Waals surface area (Å²) in [5, 5.41) is 4.36. The van der Waals surface area contributed by atoms with Gasteiger partial charge in [0.2, 0.25) is 0 Å². The van der Waals surface area contributed by atoms with Crippen LogP contribution < -0.4 is 20.3 Å². The molecule has 0 bridgehead atoms. The summed E-state index contributed by atoms with van der Waals surface area (Å²) in [6, 6.07) is 9.44. The lowest BCUT2D eigenvalue weighted by Gasteiger charge is -2.11. The van der Waals surface area contributed by atoms with E-state index in [1.807, 2.05) is 19.9 Å². The van der Waals surface area contributed by atoms with Crippen LogP contribution in [0.15, 0.2) is 36.4 Å². The normalized spacial score (nSPS) is 10.4. The average molecular weight is 488 g/mol. The summed E-state index contributed by atoms with van der Waals surface area (Å²) in [6.45, 7) is 3.00. The van der Waals surface area contributed by atoms with Crippen molar-refractivity contribution in [1.29, 1.82) is 0 Å². The van der Waals surface area contributed by atoms with Crippen LogP contribution in [0.3, 0.4) is 0 Å². The van der Waals surface area contributed by atoms with Crippen LogP contribution in [0.5, 0.6) is 11.5 Å². The fraction of sp³-hybridized carbons (Fsp3) is 0.227. The molecule has 1 aromatic carbocycles. The number of carbonyl (C=O) groups excluding carboxylic acids is 3. The predicted molar refractivity (Wildman–Crippen MR) is 121 cm³/mol. The zero-order chi connectivity index (χ0) is 24.8. The van der Waals surface area contributed by atoms with Gasteiger partial charge in [-0.2, -0.15) is 5.10 Å². The summed E-state index contributed by atoms with van der Waals surface area (Å²) in [6.07, 6.45) is 0. The summed E-state index contributed by atoms with van der Waals surface area (Å²) in [4.78, 5) is 41.0. The molecule has 0 aliphatic rings. The number of nitrogens with one attached hydrogen (secondary N) is 2. The smallest absolute Gasteiger partial charge is 0.359 e. The molecular formula is C22H22ClN5O6. The lowest BCUT2D eigenvalue weighted by Crippen LogP contribution is -2.43. The van der Waals surface area contributed by atoms with E-state index in [2.05, 4.69) is 20.9 Å². The molecule has 11 nitrogen and oxygen atoms in total. The maximum Gasteiger partial charge on any atom is 0.359 e. The van der Waals surface area contributed by atoms with Gasteiger partial charge in [-0.15, -0.1) is 0 Å². The van der Waals surface area contributed by atoms with Gasteiger partial charge in [-0.1, -0.05) is 11.6 Å². The van der Waals surface area contributed by atoms with E-state index in [0.717, 1.165) is 11.4 Å². The molecule has 2 amide bonds. The summed E-state index contributed by atoms with van der Waals surface area (Å²) in [5.41, 5.74) is 6.02. The van der Waals surface area contributed by atoms with Crippen LogP contribution in [0.1, 0.15) is 32.2 Å². The van der Waals surface area contributed by atoms with Crippen molar-refractivity contribution in [3.05, 3.63) is 64.1 Å². The van der Waals surface area contributed by atoms with Gasteiger partial charge in [0.25, 0.3) is 11.8 Å². The number of hydrazine groups is 1. The standard InChI is InChI=1S/C22H22ClN5O6/c1-12-9-13(2)28(27-12)18-8-6-15(23)20(24-18)22(31)34-11-19(29)25-26-21(30)14-5-7-16(32-3)17(10-14)33-4/h5-10H,11H2,1-4H3,(H,25,29)(H,26,30). The highest BCUT2D eigenvalue weighted by Gasteiger charge is 2.18. The van der Waals surface area contributed by atoms with Crippen LogP contribution in [-0.2, 0) is 9.53 Å². The molecule has 2 heterocycles. The number of hydrogen-bond acceptors (Lipinski definition) is 8. The number of hydrogen-bond donors (Lipinski definition) is 2. The van der Waals surface area contributed by atoms with Gasteiger partial charge in [0.15, 0.2) is 29.6 Å². The molecule has 178 valence electrons. The third kappa shape index (κ3) is 5.62. The Morgan fingerprint density at radius 3 is 2.38 bits per heavy atom. The van der Waals surface area contributed by atoms with Crippen LogP contribution in [-0.4, -0.2) is 53.4 Å². The first-order valence-electron chi connectivity index (χ1n) is 9.92. The van der Waals surface area contributed by atoms with Gasteiger partial charge in [0.1, 0.15) is 0 Å². The van der Waals surface area contributed by atoms with Gasteiger partial charge in [-0.25, -0.2) is 14.5 Å². The van der Waals surface area contributed by atoms with Gasteiger partial charge in [0.05, 0.1) is 24.9 Å². The Bertz CT molecular complexity index is 1240. The third-order valence-corrected chi connectivity index (χ3v) is 4.85. The molecule has 0 saturated carbocycles. The summed E-state index contributed by atoms with van der Waals surface area (Å²) < 4.78 is 16.8. The van der Waals surface area contributed by atoms with Crippen LogP contribution in [0.4, 0.5) is 0 Å². The highest BCUT2D eigenvalue weighted by atomic mass is 35.5. The molecule has 0 radical (unpaired) electrons. The van der Waals surface area contributed by atoms with Gasteiger partial charge in [-0.05, 0) is 50.2 Å². The van der Waals surface area contributed by atoms with E-state index in [1.54, 1.807) is 16.8 Å². The van der Waals surface area contributed by atoms with E-state index < -0.39 is 24.4 Å². The van der Waals surface area contributed by atoms with Crippen molar-refractivity contribution in [2.45, 2.75) is 13.8 Å². The highest BCUT2D eigenvalue weighted by molar-refractivity contribution is 6.33. The van der Waals surface area contributed by atoms with E-state index in [4.69, 9.17) is 25.8 Å². The SMILES string of the molecule is COc1ccc(C(=O)NNC(=O)COC(=O)c2nc(-n3nc(C)cc3C)ccc2Cl)cc1OC. The topological polar surface area (TPSA) is 134 Å². The number of aromatic nitrogens is 3. The Morgan fingerprint density at radius 1 is 1.00 bits per heavy atom. The molecule has 2 N–H and O–H groups in total. The molecule has 0 unspecified atom stereocenters.